The smallest absolute Gasteiger partial charge is 0.277 e. The van der Waals surface area contributed by atoms with Gasteiger partial charge in [-0.25, -0.2) is 10.3 Å². The van der Waals surface area contributed by atoms with E-state index in [1.807, 2.05) is 0 Å². The number of thiol groups is 1. The number of imide groups is 1. The van der Waals surface area contributed by atoms with E-state index in [1.165, 1.54) is 6.21 Å². The van der Waals surface area contributed by atoms with E-state index in [1.54, 1.807) is 31.2 Å². The number of hydrogen-bond donors (Lipinski definition) is 3. The third-order valence-electron chi connectivity index (χ3n) is 2.28. The van der Waals surface area contributed by atoms with E-state index in [-0.39, 0.29) is 11.5 Å². The molecule has 3 amide bonds. The lowest BCUT2D eigenvalue weighted by atomic mass is 10.2. The van der Waals surface area contributed by atoms with Gasteiger partial charge in [-0.1, -0.05) is 30.7 Å². The van der Waals surface area contributed by atoms with Gasteiger partial charge in [0, 0.05) is 11.4 Å². The van der Waals surface area contributed by atoms with Crippen molar-refractivity contribution in [3.8, 4) is 0 Å². The molecule has 0 fully saturated rings. The second-order valence-corrected chi connectivity index (χ2v) is 4.80. The van der Waals surface area contributed by atoms with Crippen molar-refractivity contribution < 1.29 is 14.8 Å². The van der Waals surface area contributed by atoms with Gasteiger partial charge in [-0.3, -0.25) is 10.0 Å². The summed E-state index contributed by atoms with van der Waals surface area (Å²) in [6.07, 6.45) is 1.96. The predicted molar refractivity (Wildman–Crippen MR) is 81.9 cm³/mol. The first-order chi connectivity index (χ1) is 9.95. The van der Waals surface area contributed by atoms with E-state index in [9.17, 15) is 14.8 Å². The van der Waals surface area contributed by atoms with Crippen molar-refractivity contribution in [1.29, 1.82) is 0 Å². The van der Waals surface area contributed by atoms with Crippen LogP contribution in [-0.2, 0) is 4.79 Å². The molecule has 0 aliphatic heterocycles. The lowest BCUT2D eigenvalue weighted by Gasteiger charge is -2.19. The highest BCUT2D eigenvalue weighted by Gasteiger charge is 2.22. The molecule has 0 heterocycles. The van der Waals surface area contributed by atoms with Gasteiger partial charge < -0.3 is 0 Å². The lowest BCUT2D eigenvalue weighted by Crippen LogP contribution is -2.44. The van der Waals surface area contributed by atoms with Crippen molar-refractivity contribution in [3.63, 3.8) is 0 Å². The Morgan fingerprint density at radius 3 is 2.86 bits per heavy atom. The highest BCUT2D eigenvalue weighted by atomic mass is 35.5. The Bertz CT molecular complexity index is 541. The number of rotatable bonds is 5. The van der Waals surface area contributed by atoms with Crippen LogP contribution in [0.25, 0.3) is 0 Å². The minimum absolute atomic E-state index is 0.0155. The zero-order chi connectivity index (χ0) is 15.8. The molecule has 114 valence electrons. The molecule has 21 heavy (non-hydrogen) atoms. The molecule has 0 aliphatic rings. The summed E-state index contributed by atoms with van der Waals surface area (Å²) in [6, 6.07) is 5.82. The number of amides is 3. The summed E-state index contributed by atoms with van der Waals surface area (Å²) in [5.74, 6) is -0.720. The standard InChI is InChI=1S/C12H15ClN4O3S/c1-2-4-11(18)16(20)12(19)17(21)15-14-8-9-5-3-6-10(13)7-9/h3,5-8,15,20-21H,2,4H2,1H3/b14-8+. The lowest BCUT2D eigenvalue weighted by molar-refractivity contribution is -0.154. The van der Waals surface area contributed by atoms with Crippen LogP contribution in [0, 0.1) is 0 Å². The number of hydrazone groups is 1. The number of carbonyl (C=O) groups is 2. The Kier molecular flexibility index (Phi) is 7.00. The summed E-state index contributed by atoms with van der Waals surface area (Å²) in [6.45, 7) is 1.75. The maximum absolute atomic E-state index is 11.6. The summed E-state index contributed by atoms with van der Waals surface area (Å²) < 4.78 is 0.578. The third-order valence-corrected chi connectivity index (χ3v) is 2.77. The topological polar surface area (TPSA) is 85.2 Å². The molecule has 1 aromatic rings. The molecule has 0 atom stereocenters. The number of benzene rings is 1. The van der Waals surface area contributed by atoms with Crippen molar-refractivity contribution in [3.05, 3.63) is 34.9 Å². The molecule has 7 nitrogen and oxygen atoms in total. The predicted octanol–water partition coefficient (Wildman–Crippen LogP) is 2.46. The quantitative estimate of drug-likeness (QED) is 0.335. The number of carbonyl (C=O) groups excluding carboxylic acids is 2. The number of urea groups is 1. The van der Waals surface area contributed by atoms with Gasteiger partial charge in [0.25, 0.3) is 5.91 Å². The van der Waals surface area contributed by atoms with Crippen LogP contribution in [0.3, 0.4) is 0 Å². The third kappa shape index (κ3) is 5.62. The van der Waals surface area contributed by atoms with Crippen LogP contribution in [0.1, 0.15) is 25.3 Å². The average molecular weight is 331 g/mol. The monoisotopic (exact) mass is 330 g/mol. The summed E-state index contributed by atoms with van der Waals surface area (Å²) in [5.41, 5.74) is 2.95. The van der Waals surface area contributed by atoms with Crippen molar-refractivity contribution in [2.24, 2.45) is 5.10 Å². The van der Waals surface area contributed by atoms with Gasteiger partial charge in [0.05, 0.1) is 6.21 Å². The van der Waals surface area contributed by atoms with Gasteiger partial charge in [-0.05, 0) is 36.9 Å². The molecular weight excluding hydrogens is 316 g/mol. The first-order valence-electron chi connectivity index (χ1n) is 6.04. The Morgan fingerprint density at radius 1 is 1.52 bits per heavy atom. The normalized spacial score (nSPS) is 10.5. The van der Waals surface area contributed by atoms with E-state index in [0.29, 0.717) is 21.4 Å². The van der Waals surface area contributed by atoms with Crippen molar-refractivity contribution >= 4 is 42.6 Å². The number of hydrazine groups is 1. The minimum Gasteiger partial charge on any atom is -0.277 e. The molecule has 0 saturated heterocycles. The van der Waals surface area contributed by atoms with Gasteiger partial charge in [0.15, 0.2) is 0 Å². The largest absolute Gasteiger partial charge is 0.381 e. The second-order valence-electron chi connectivity index (χ2n) is 3.96. The van der Waals surface area contributed by atoms with Crippen LogP contribution in [0.2, 0.25) is 5.02 Å². The first kappa shape index (κ1) is 17.3. The maximum Gasteiger partial charge on any atom is 0.381 e. The summed E-state index contributed by atoms with van der Waals surface area (Å²) in [4.78, 5) is 22.9. The zero-order valence-electron chi connectivity index (χ0n) is 11.2. The van der Waals surface area contributed by atoms with Gasteiger partial charge >= 0.3 is 6.03 Å². The Hall–Kier alpha value is -1.77. The molecule has 1 aromatic carbocycles. The van der Waals surface area contributed by atoms with Crippen LogP contribution in [-0.4, -0.2) is 32.8 Å². The summed E-state index contributed by atoms with van der Waals surface area (Å²) in [7, 11) is 0. The van der Waals surface area contributed by atoms with Crippen LogP contribution in [0.4, 0.5) is 4.79 Å². The van der Waals surface area contributed by atoms with Crippen LogP contribution < -0.4 is 5.53 Å². The molecule has 0 saturated carbocycles. The van der Waals surface area contributed by atoms with Crippen LogP contribution >= 0.6 is 24.4 Å². The fourth-order valence-corrected chi connectivity index (χ4v) is 1.64. The SMILES string of the molecule is CCCC(=O)N(O)C(=O)N(S)N/N=C/c1cccc(Cl)c1. The Morgan fingerprint density at radius 2 is 2.24 bits per heavy atom. The Labute approximate surface area is 132 Å². The number of hydroxylamine groups is 2. The molecule has 0 aliphatic carbocycles. The van der Waals surface area contributed by atoms with Gasteiger partial charge in [-0.15, -0.1) is 5.06 Å². The Balaban J connectivity index is 2.54. The van der Waals surface area contributed by atoms with E-state index < -0.39 is 11.9 Å². The van der Waals surface area contributed by atoms with Gasteiger partial charge in [0.2, 0.25) is 0 Å². The molecule has 1 rings (SSSR count). The van der Waals surface area contributed by atoms with E-state index in [2.05, 4.69) is 23.5 Å². The minimum atomic E-state index is -1.06. The number of hydrogen-bond acceptors (Lipinski definition) is 6. The van der Waals surface area contributed by atoms with Crippen molar-refractivity contribution in [2.45, 2.75) is 19.8 Å². The highest BCUT2D eigenvalue weighted by Crippen LogP contribution is 2.08. The fraction of sp³-hybridized carbons (Fsp3) is 0.250. The first-order valence-corrected chi connectivity index (χ1v) is 6.82. The number of halogens is 1. The number of nitrogens with zero attached hydrogens (tertiary/aromatic N) is 3. The number of nitrogens with one attached hydrogen (secondary N) is 1. The van der Waals surface area contributed by atoms with Crippen LogP contribution in [0.15, 0.2) is 29.4 Å². The molecule has 0 bridgehead atoms. The van der Waals surface area contributed by atoms with Gasteiger partial charge in [-0.2, -0.15) is 9.52 Å². The molecule has 2 N–H and O–H groups in total. The molecular formula is C12H15ClN4O3S. The maximum atomic E-state index is 11.6. The van der Waals surface area contributed by atoms with E-state index >= 15 is 0 Å². The second kappa shape index (κ2) is 8.50. The highest BCUT2D eigenvalue weighted by molar-refractivity contribution is 7.78. The van der Waals surface area contributed by atoms with E-state index in [0.717, 1.165) is 0 Å². The fourth-order valence-electron chi connectivity index (χ4n) is 1.30. The molecule has 0 aromatic heterocycles. The molecule has 0 spiro atoms. The average Bonchev–Trinajstić information content (AvgIpc) is 2.46. The van der Waals surface area contributed by atoms with Crippen molar-refractivity contribution in [1.82, 2.24) is 15.0 Å². The molecule has 0 unspecified atom stereocenters. The zero-order valence-corrected chi connectivity index (χ0v) is 12.9. The summed E-state index contributed by atoms with van der Waals surface area (Å²) >= 11 is 9.58. The molecule has 9 heteroatoms. The molecule has 0 radical (unpaired) electrons. The van der Waals surface area contributed by atoms with Crippen molar-refractivity contribution in [2.75, 3.05) is 0 Å². The van der Waals surface area contributed by atoms with Gasteiger partial charge in [0.1, 0.15) is 0 Å². The van der Waals surface area contributed by atoms with Crippen LogP contribution in [0.5, 0.6) is 0 Å². The summed E-state index contributed by atoms with van der Waals surface area (Å²) in [5, 5.41) is 13.6. The van der Waals surface area contributed by atoms with E-state index in [4.69, 9.17) is 11.6 Å².